The summed E-state index contributed by atoms with van der Waals surface area (Å²) in [5.74, 6) is 2.63. The van der Waals surface area contributed by atoms with Crippen molar-refractivity contribution in [2.45, 2.75) is 56.4 Å². The van der Waals surface area contributed by atoms with Crippen molar-refractivity contribution in [2.75, 3.05) is 40.3 Å². The van der Waals surface area contributed by atoms with Gasteiger partial charge in [0.1, 0.15) is 0 Å². The summed E-state index contributed by atoms with van der Waals surface area (Å²) in [6.45, 7) is 15.2. The van der Waals surface area contributed by atoms with Crippen molar-refractivity contribution < 1.29 is 0 Å². The highest BCUT2D eigenvalue weighted by Crippen LogP contribution is 1.79. The summed E-state index contributed by atoms with van der Waals surface area (Å²) in [4.78, 5) is 11.5. The second-order valence-electron chi connectivity index (χ2n) is 4.68. The van der Waals surface area contributed by atoms with Gasteiger partial charge in [-0.1, -0.05) is 28.7 Å². The summed E-state index contributed by atoms with van der Waals surface area (Å²) >= 11 is 0. The quantitative estimate of drug-likeness (QED) is 0.330. The second kappa shape index (κ2) is 27.7. The first-order valence-electron chi connectivity index (χ1n) is 8.23. The van der Waals surface area contributed by atoms with E-state index in [0.717, 1.165) is 38.0 Å². The van der Waals surface area contributed by atoms with Gasteiger partial charge in [-0.15, -0.1) is 0 Å². The maximum absolute atomic E-state index is 6.50. The highest BCUT2D eigenvalue weighted by Gasteiger charge is 2.00. The predicted molar refractivity (Wildman–Crippen MR) is 122 cm³/mol. The van der Waals surface area contributed by atoms with Crippen LogP contribution < -0.4 is 21.7 Å². The van der Waals surface area contributed by atoms with Crippen LogP contribution >= 0.6 is 0 Å². The Morgan fingerprint density at radius 2 is 1.38 bits per heavy atom. The molecule has 6 N–H and O–H groups in total. The van der Waals surface area contributed by atoms with E-state index in [9.17, 15) is 0 Å². The number of nitrogens with two attached hydrogens (primary N) is 1. The molecule has 0 spiro atoms. The molecule has 0 saturated carbocycles. The molecule has 158 valence electrons. The third kappa shape index (κ3) is 37.8. The Balaban J connectivity index is -0.0000000726. The molecule has 2 aliphatic rings. The summed E-state index contributed by atoms with van der Waals surface area (Å²) in [5, 5.41) is 15.7. The Hall–Kier alpha value is -2.12. The molecular formula is C18H46N8. The maximum Gasteiger partial charge on any atom is 0.191 e. The van der Waals surface area contributed by atoms with Crippen LogP contribution in [0.1, 0.15) is 56.4 Å². The van der Waals surface area contributed by atoms with Crippen molar-refractivity contribution in [3.63, 3.8) is 0 Å². The molecule has 0 aromatic rings. The standard InChI is InChI=1S/C4H9N3.C4H8N2.C3H8N2.C3H7N.C2H6.2CH4/c1-5-4-6-2-3-7-4;1-4-5-2-3-6-4;1-3(4)5-2;1-3(2)4;1-2;;/h2-3H2,1H3,(H2,5,6,7);2-3H2,1H3,(H,5,6);1-2H3,(H2,4,5);4H,1-2H3;1-2H3;2*1H4. The number of amidine groups is 2. The lowest BCUT2D eigenvalue weighted by molar-refractivity contribution is 0.942. The van der Waals surface area contributed by atoms with Gasteiger partial charge in [-0.25, -0.2) is 0 Å². The van der Waals surface area contributed by atoms with E-state index in [4.69, 9.17) is 11.1 Å². The van der Waals surface area contributed by atoms with Gasteiger partial charge in [-0.3, -0.25) is 15.0 Å². The van der Waals surface area contributed by atoms with Gasteiger partial charge in [0, 0.05) is 39.4 Å². The number of guanidine groups is 1. The van der Waals surface area contributed by atoms with Crippen molar-refractivity contribution in [1.29, 1.82) is 5.41 Å². The number of hydrogen-bond acceptors (Lipinski definition) is 5. The van der Waals surface area contributed by atoms with E-state index in [1.54, 1.807) is 34.9 Å². The lowest BCUT2D eigenvalue weighted by atomic mass is 10.5. The van der Waals surface area contributed by atoms with E-state index in [-0.39, 0.29) is 14.9 Å². The molecule has 0 atom stereocenters. The Labute approximate surface area is 162 Å². The molecule has 0 aliphatic carbocycles. The number of rotatable bonds is 0. The van der Waals surface area contributed by atoms with Crippen LogP contribution in [0.5, 0.6) is 0 Å². The van der Waals surface area contributed by atoms with E-state index >= 15 is 0 Å². The van der Waals surface area contributed by atoms with Crippen LogP contribution in [0.3, 0.4) is 0 Å². The van der Waals surface area contributed by atoms with Crippen LogP contribution in [0.4, 0.5) is 0 Å². The number of hydrogen-bond donors (Lipinski definition) is 5. The van der Waals surface area contributed by atoms with Gasteiger partial charge in [0.05, 0.1) is 18.2 Å². The Kier molecular flexibility index (Phi) is 37.4. The van der Waals surface area contributed by atoms with Crippen LogP contribution in [0.2, 0.25) is 0 Å². The smallest absolute Gasteiger partial charge is 0.191 e. The summed E-state index contributed by atoms with van der Waals surface area (Å²) in [5.41, 5.74) is 5.71. The zero-order valence-electron chi connectivity index (χ0n) is 16.7. The van der Waals surface area contributed by atoms with Crippen molar-refractivity contribution in [3.05, 3.63) is 0 Å². The van der Waals surface area contributed by atoms with Crippen molar-refractivity contribution >= 4 is 23.3 Å². The zero-order chi connectivity index (χ0) is 19.4. The minimum absolute atomic E-state index is 0. The second-order valence-corrected chi connectivity index (χ2v) is 4.68. The minimum atomic E-state index is 0. The Bertz CT molecular complexity index is 371. The fraction of sp³-hybridized carbons (Fsp3) is 0.778. The molecule has 0 unspecified atom stereocenters. The average molecular weight is 375 g/mol. The van der Waals surface area contributed by atoms with E-state index in [2.05, 4.69) is 30.9 Å². The summed E-state index contributed by atoms with van der Waals surface area (Å²) < 4.78 is 0. The topological polar surface area (TPSA) is 123 Å². The van der Waals surface area contributed by atoms with Gasteiger partial charge in [0.25, 0.3) is 0 Å². The van der Waals surface area contributed by atoms with Crippen LogP contribution in [-0.2, 0) is 0 Å². The molecule has 26 heavy (non-hydrogen) atoms. The fourth-order valence-electron chi connectivity index (χ4n) is 1.10. The number of nitrogens with one attached hydrogen (secondary N) is 4. The first-order valence-corrected chi connectivity index (χ1v) is 8.23. The number of nitrogens with zero attached hydrogens (tertiary/aromatic N) is 3. The van der Waals surface area contributed by atoms with E-state index in [1.165, 1.54) is 0 Å². The molecule has 0 amide bonds. The molecule has 0 aromatic heterocycles. The van der Waals surface area contributed by atoms with Gasteiger partial charge >= 0.3 is 0 Å². The molecule has 8 nitrogen and oxygen atoms in total. The van der Waals surface area contributed by atoms with Crippen molar-refractivity contribution in [1.82, 2.24) is 16.0 Å². The molecule has 1 saturated heterocycles. The highest BCUT2D eigenvalue weighted by molar-refractivity contribution is 5.81. The monoisotopic (exact) mass is 374 g/mol. The largest absolute Gasteiger partial charge is 0.388 e. The third-order valence-electron chi connectivity index (χ3n) is 2.13. The molecule has 2 aliphatic heterocycles. The minimum Gasteiger partial charge on any atom is -0.388 e. The molecular weight excluding hydrogens is 328 g/mol. The van der Waals surface area contributed by atoms with Gasteiger partial charge in [0.15, 0.2) is 5.96 Å². The lowest BCUT2D eigenvalue weighted by Gasteiger charge is -1.90. The van der Waals surface area contributed by atoms with Gasteiger partial charge in [0.2, 0.25) is 0 Å². The van der Waals surface area contributed by atoms with Gasteiger partial charge in [-0.05, 0) is 27.7 Å². The van der Waals surface area contributed by atoms with Crippen LogP contribution in [0.15, 0.2) is 15.0 Å². The fourth-order valence-corrected chi connectivity index (χ4v) is 1.10. The van der Waals surface area contributed by atoms with Gasteiger partial charge in [-0.2, -0.15) is 0 Å². The summed E-state index contributed by atoms with van der Waals surface area (Å²) in [7, 11) is 3.43. The van der Waals surface area contributed by atoms with Crippen molar-refractivity contribution in [3.8, 4) is 0 Å². The molecule has 0 radical (unpaired) electrons. The molecule has 2 rings (SSSR count). The number of aliphatic imine (C=N–C) groups is 3. The van der Waals surface area contributed by atoms with E-state index in [1.807, 2.05) is 20.8 Å². The predicted octanol–water partition coefficient (Wildman–Crippen LogP) is 2.51. The summed E-state index contributed by atoms with van der Waals surface area (Å²) in [6, 6.07) is 0. The normalized spacial score (nSPS) is 13.0. The lowest BCUT2D eigenvalue weighted by Crippen LogP contribution is -2.23. The first kappa shape index (κ1) is 35.1. The third-order valence-corrected chi connectivity index (χ3v) is 2.13. The van der Waals surface area contributed by atoms with Crippen molar-refractivity contribution in [2.24, 2.45) is 20.7 Å². The Morgan fingerprint density at radius 1 is 1.00 bits per heavy atom. The van der Waals surface area contributed by atoms with E-state index < -0.39 is 0 Å². The molecule has 0 aromatic carbocycles. The average Bonchev–Trinajstić information content (AvgIpc) is 3.23. The summed E-state index contributed by atoms with van der Waals surface area (Å²) in [6.07, 6.45) is 0. The molecule has 0 bridgehead atoms. The SMILES string of the molecule is C.C.CC.CC(C)=N.CC1=NCCN1.CN=C(C)N.CN=C1NCCN1. The van der Waals surface area contributed by atoms with Crippen LogP contribution in [0.25, 0.3) is 0 Å². The first-order chi connectivity index (χ1) is 11.3. The van der Waals surface area contributed by atoms with Gasteiger partial charge < -0.3 is 27.1 Å². The molecule has 2 heterocycles. The molecule has 1 fully saturated rings. The molecule has 8 heteroatoms. The van der Waals surface area contributed by atoms with E-state index in [0.29, 0.717) is 11.5 Å². The van der Waals surface area contributed by atoms with Crippen LogP contribution in [-0.4, -0.2) is 63.6 Å². The highest BCUT2D eigenvalue weighted by atomic mass is 15.2. The Morgan fingerprint density at radius 3 is 1.50 bits per heavy atom. The van der Waals surface area contributed by atoms with Crippen LogP contribution in [0, 0.1) is 5.41 Å². The maximum atomic E-state index is 6.50. The zero-order valence-corrected chi connectivity index (χ0v) is 16.7.